The van der Waals surface area contributed by atoms with Crippen LogP contribution in [0, 0.1) is 0 Å². The van der Waals surface area contributed by atoms with Gasteiger partial charge in [-0.25, -0.2) is 9.97 Å². The van der Waals surface area contributed by atoms with E-state index in [1.54, 1.807) is 25.1 Å². The van der Waals surface area contributed by atoms with Gasteiger partial charge in [-0.2, -0.15) is 13.2 Å². The van der Waals surface area contributed by atoms with Crippen molar-refractivity contribution in [2.45, 2.75) is 26.1 Å². The molecule has 0 spiro atoms. The number of carbonyl (C=O) groups excluding carboxylic acids is 1. The predicted octanol–water partition coefficient (Wildman–Crippen LogP) is 3.92. The molecule has 2 aromatic heterocycles. The molecule has 1 amide bonds. The molecule has 0 saturated heterocycles. The van der Waals surface area contributed by atoms with E-state index in [2.05, 4.69) is 20.0 Å². The largest absolute Gasteiger partial charge is 0.468 e. The lowest BCUT2D eigenvalue weighted by atomic mass is 10.2. The van der Waals surface area contributed by atoms with Crippen molar-refractivity contribution in [1.29, 1.82) is 0 Å². The molecule has 0 radical (unpaired) electrons. The number of nitrogens with one attached hydrogen (secondary N) is 1. The summed E-state index contributed by atoms with van der Waals surface area (Å²) in [7, 11) is 0. The molecular weight excluding hydrogens is 449 g/mol. The van der Waals surface area contributed by atoms with Crippen LogP contribution in [0.4, 0.5) is 13.2 Å². The molecule has 3 rings (SSSR count). The third-order valence-corrected chi connectivity index (χ3v) is 4.63. The van der Waals surface area contributed by atoms with Gasteiger partial charge in [-0.1, -0.05) is 24.6 Å². The number of pyridine rings is 1. The van der Waals surface area contributed by atoms with Crippen molar-refractivity contribution in [3.8, 4) is 22.8 Å². The first-order valence-corrected chi connectivity index (χ1v) is 9.84. The van der Waals surface area contributed by atoms with Gasteiger partial charge in [-0.3, -0.25) is 14.2 Å². The Kier molecular flexibility index (Phi) is 7.14. The second kappa shape index (κ2) is 9.82. The SMILES string of the molecule is CCC(=O)NCc1ccc(Cl)c(-n2cnc(-c3ccc(OCC(F)(F)F)nc3)cc2=O)c1. The number of rotatable bonds is 7. The minimum atomic E-state index is -4.47. The fraction of sp³-hybridized carbons (Fsp3) is 0.238. The maximum atomic E-state index is 12.7. The molecule has 168 valence electrons. The lowest BCUT2D eigenvalue weighted by Gasteiger charge is -2.11. The van der Waals surface area contributed by atoms with Crippen LogP contribution in [0.3, 0.4) is 0 Å². The molecule has 11 heteroatoms. The summed E-state index contributed by atoms with van der Waals surface area (Å²) in [6.07, 6.45) is -1.55. The molecule has 0 aliphatic carbocycles. The van der Waals surface area contributed by atoms with Gasteiger partial charge in [0, 0.05) is 36.9 Å². The van der Waals surface area contributed by atoms with E-state index >= 15 is 0 Å². The van der Waals surface area contributed by atoms with Crippen molar-refractivity contribution >= 4 is 17.5 Å². The molecule has 0 aliphatic rings. The van der Waals surface area contributed by atoms with Crippen LogP contribution in [0.2, 0.25) is 5.02 Å². The number of hydrogen-bond donors (Lipinski definition) is 1. The third-order valence-electron chi connectivity index (χ3n) is 4.31. The van der Waals surface area contributed by atoms with Crippen molar-refractivity contribution in [2.75, 3.05) is 6.61 Å². The van der Waals surface area contributed by atoms with Crippen LogP contribution in [0.25, 0.3) is 16.9 Å². The summed E-state index contributed by atoms with van der Waals surface area (Å²) in [6, 6.07) is 9.01. The normalized spacial score (nSPS) is 11.3. The smallest absolute Gasteiger partial charge is 0.422 e. The monoisotopic (exact) mass is 466 g/mol. The Bertz CT molecular complexity index is 1160. The van der Waals surface area contributed by atoms with Gasteiger partial charge in [-0.05, 0) is 23.8 Å². The van der Waals surface area contributed by atoms with Crippen molar-refractivity contribution < 1.29 is 22.7 Å². The average Bonchev–Trinajstić information content (AvgIpc) is 2.77. The highest BCUT2D eigenvalue weighted by Gasteiger charge is 2.28. The number of aromatic nitrogens is 3. The van der Waals surface area contributed by atoms with E-state index in [1.165, 1.54) is 35.3 Å². The number of halogens is 4. The van der Waals surface area contributed by atoms with E-state index in [0.29, 0.717) is 22.7 Å². The summed E-state index contributed by atoms with van der Waals surface area (Å²) in [5, 5.41) is 3.07. The quantitative estimate of drug-likeness (QED) is 0.570. The fourth-order valence-corrected chi connectivity index (χ4v) is 2.90. The topological polar surface area (TPSA) is 86.1 Å². The first kappa shape index (κ1) is 23.3. The van der Waals surface area contributed by atoms with Gasteiger partial charge in [0.1, 0.15) is 6.33 Å². The van der Waals surface area contributed by atoms with Crippen LogP contribution in [-0.4, -0.2) is 33.2 Å². The highest BCUT2D eigenvalue weighted by Crippen LogP contribution is 2.23. The number of carbonyl (C=O) groups is 1. The molecule has 7 nitrogen and oxygen atoms in total. The van der Waals surface area contributed by atoms with E-state index in [4.69, 9.17) is 11.6 Å². The molecule has 0 bridgehead atoms. The average molecular weight is 467 g/mol. The van der Waals surface area contributed by atoms with Gasteiger partial charge in [0.2, 0.25) is 11.8 Å². The first-order chi connectivity index (χ1) is 15.2. The number of ether oxygens (including phenoxy) is 1. The van der Waals surface area contributed by atoms with Crippen LogP contribution in [-0.2, 0) is 11.3 Å². The van der Waals surface area contributed by atoms with Crippen molar-refractivity contribution in [1.82, 2.24) is 19.9 Å². The highest BCUT2D eigenvalue weighted by atomic mass is 35.5. The summed E-state index contributed by atoms with van der Waals surface area (Å²) in [6.45, 7) is 0.579. The summed E-state index contributed by atoms with van der Waals surface area (Å²) < 4.78 is 42.5. The van der Waals surface area contributed by atoms with Gasteiger partial charge in [-0.15, -0.1) is 0 Å². The number of hydrogen-bond acceptors (Lipinski definition) is 5. The van der Waals surface area contributed by atoms with Crippen LogP contribution in [0.5, 0.6) is 5.88 Å². The number of benzene rings is 1. The first-order valence-electron chi connectivity index (χ1n) is 9.46. The van der Waals surface area contributed by atoms with Crippen molar-refractivity contribution in [3.05, 3.63) is 69.9 Å². The van der Waals surface area contributed by atoms with Gasteiger partial charge < -0.3 is 10.1 Å². The predicted molar refractivity (Wildman–Crippen MR) is 112 cm³/mol. The Morgan fingerprint density at radius 2 is 1.97 bits per heavy atom. The van der Waals surface area contributed by atoms with Gasteiger partial charge in [0.25, 0.3) is 5.56 Å². The molecule has 0 aliphatic heterocycles. The molecule has 0 saturated carbocycles. The lowest BCUT2D eigenvalue weighted by molar-refractivity contribution is -0.154. The zero-order valence-electron chi connectivity index (χ0n) is 16.8. The summed E-state index contributed by atoms with van der Waals surface area (Å²) in [5.74, 6) is -0.300. The van der Waals surface area contributed by atoms with E-state index in [0.717, 1.165) is 5.56 Å². The van der Waals surface area contributed by atoms with Gasteiger partial charge in [0.05, 0.1) is 16.4 Å². The van der Waals surface area contributed by atoms with E-state index in [-0.39, 0.29) is 24.0 Å². The van der Waals surface area contributed by atoms with Gasteiger partial charge in [0.15, 0.2) is 6.61 Å². The van der Waals surface area contributed by atoms with Crippen LogP contribution in [0.1, 0.15) is 18.9 Å². The fourth-order valence-electron chi connectivity index (χ4n) is 2.69. The molecule has 3 aromatic rings. The van der Waals surface area contributed by atoms with Gasteiger partial charge >= 0.3 is 6.18 Å². The molecule has 0 fully saturated rings. The Morgan fingerprint density at radius 3 is 2.59 bits per heavy atom. The third kappa shape index (κ3) is 6.07. The second-order valence-corrected chi connectivity index (χ2v) is 7.09. The standard InChI is InChI=1S/C21H18ClF3N4O3/c1-2-18(30)26-9-13-3-5-15(22)17(7-13)29-12-28-16(8-20(29)31)14-4-6-19(27-10-14)32-11-21(23,24)25/h3-8,10,12H,2,9,11H2,1H3,(H,26,30). The minimum absolute atomic E-state index is 0.104. The van der Waals surface area contributed by atoms with E-state index < -0.39 is 18.3 Å². The van der Waals surface area contributed by atoms with Crippen LogP contribution >= 0.6 is 11.6 Å². The molecule has 32 heavy (non-hydrogen) atoms. The summed E-state index contributed by atoms with van der Waals surface area (Å²) in [4.78, 5) is 32.2. The molecule has 2 heterocycles. The maximum Gasteiger partial charge on any atom is 0.422 e. The van der Waals surface area contributed by atoms with E-state index in [1.807, 2.05) is 0 Å². The second-order valence-electron chi connectivity index (χ2n) is 6.69. The zero-order valence-corrected chi connectivity index (χ0v) is 17.6. The van der Waals surface area contributed by atoms with E-state index in [9.17, 15) is 22.8 Å². The Hall–Kier alpha value is -3.40. The van der Waals surface area contributed by atoms with Crippen molar-refractivity contribution in [2.24, 2.45) is 0 Å². The lowest BCUT2D eigenvalue weighted by Crippen LogP contribution is -2.22. The zero-order chi connectivity index (χ0) is 23.3. The molecule has 0 unspecified atom stereocenters. The van der Waals surface area contributed by atoms with Crippen LogP contribution in [0.15, 0.2) is 53.7 Å². The minimum Gasteiger partial charge on any atom is -0.468 e. The number of nitrogens with zero attached hydrogens (tertiary/aromatic N) is 3. The Balaban J connectivity index is 1.81. The maximum absolute atomic E-state index is 12.7. The highest BCUT2D eigenvalue weighted by molar-refractivity contribution is 6.32. The summed E-state index contributed by atoms with van der Waals surface area (Å²) in [5.41, 5.74) is 1.43. The van der Waals surface area contributed by atoms with Crippen molar-refractivity contribution in [3.63, 3.8) is 0 Å². The Labute approximate surface area is 185 Å². The summed E-state index contributed by atoms with van der Waals surface area (Å²) >= 11 is 6.25. The molecule has 1 N–H and O–H groups in total. The number of amides is 1. The number of alkyl halides is 3. The Morgan fingerprint density at radius 1 is 1.19 bits per heavy atom. The van der Waals surface area contributed by atoms with Crippen LogP contribution < -0.4 is 15.6 Å². The molecular formula is C21H18ClF3N4O3. The molecule has 1 aromatic carbocycles. The molecule has 0 atom stereocenters.